The lowest BCUT2D eigenvalue weighted by atomic mass is 10.1. The minimum Gasteiger partial charge on any atom is -0.373 e. The van der Waals surface area contributed by atoms with Gasteiger partial charge in [-0.3, -0.25) is 9.88 Å². The van der Waals surface area contributed by atoms with E-state index < -0.39 is 0 Å². The maximum atomic E-state index is 12.1. The number of rotatable bonds is 4. The standard InChI is InChI=1S/C19H24N4O2/c24-19(22-11-17-12-23-9-3-7-16(23)13-25-17)21-10-15-5-1-4-14-6-2-8-20-18(14)15/h1-2,4-6,8,16-17H,3,7,9-13H2,(H2,21,22,24). The zero-order chi connectivity index (χ0) is 17.1. The Balaban J connectivity index is 1.26. The predicted molar refractivity (Wildman–Crippen MR) is 96.3 cm³/mol. The molecule has 0 spiro atoms. The molecule has 2 aliphatic rings. The van der Waals surface area contributed by atoms with Crippen LogP contribution in [0.25, 0.3) is 10.9 Å². The molecule has 1 aromatic heterocycles. The highest BCUT2D eigenvalue weighted by molar-refractivity contribution is 5.82. The monoisotopic (exact) mass is 340 g/mol. The number of nitrogens with zero attached hydrogens (tertiary/aromatic N) is 2. The van der Waals surface area contributed by atoms with E-state index in [9.17, 15) is 4.79 Å². The number of pyridine rings is 1. The number of carbonyl (C=O) groups excluding carboxylic acids is 1. The van der Waals surface area contributed by atoms with Gasteiger partial charge in [0.2, 0.25) is 0 Å². The van der Waals surface area contributed by atoms with E-state index in [1.807, 2.05) is 30.3 Å². The zero-order valence-electron chi connectivity index (χ0n) is 14.3. The number of para-hydroxylation sites is 1. The fraction of sp³-hybridized carbons (Fsp3) is 0.474. The largest absolute Gasteiger partial charge is 0.373 e. The Kier molecular flexibility index (Phi) is 4.81. The number of benzene rings is 1. The van der Waals surface area contributed by atoms with E-state index in [1.54, 1.807) is 6.20 Å². The van der Waals surface area contributed by atoms with Crippen LogP contribution in [0.2, 0.25) is 0 Å². The lowest BCUT2D eigenvalue weighted by Gasteiger charge is -2.35. The van der Waals surface area contributed by atoms with Crippen molar-refractivity contribution >= 4 is 16.9 Å². The van der Waals surface area contributed by atoms with E-state index in [2.05, 4.69) is 20.5 Å². The molecule has 6 heteroatoms. The van der Waals surface area contributed by atoms with Crippen molar-refractivity contribution in [2.45, 2.75) is 31.5 Å². The average molecular weight is 340 g/mol. The molecule has 0 saturated carbocycles. The van der Waals surface area contributed by atoms with Crippen molar-refractivity contribution in [2.24, 2.45) is 0 Å². The molecule has 2 aromatic rings. The molecule has 2 unspecified atom stereocenters. The van der Waals surface area contributed by atoms with Crippen LogP contribution in [0, 0.1) is 0 Å². The molecule has 0 aliphatic carbocycles. The number of nitrogens with one attached hydrogen (secondary N) is 2. The normalized spacial score (nSPS) is 23.4. The molecule has 3 heterocycles. The first-order chi connectivity index (χ1) is 12.3. The van der Waals surface area contributed by atoms with Gasteiger partial charge in [-0.1, -0.05) is 24.3 Å². The highest BCUT2D eigenvalue weighted by Crippen LogP contribution is 2.22. The first-order valence-electron chi connectivity index (χ1n) is 8.99. The molecule has 132 valence electrons. The van der Waals surface area contributed by atoms with Gasteiger partial charge in [-0.15, -0.1) is 0 Å². The van der Waals surface area contributed by atoms with E-state index >= 15 is 0 Å². The lowest BCUT2D eigenvalue weighted by Crippen LogP contribution is -2.51. The molecule has 6 nitrogen and oxygen atoms in total. The summed E-state index contributed by atoms with van der Waals surface area (Å²) in [6.07, 6.45) is 4.35. The fourth-order valence-corrected chi connectivity index (χ4v) is 3.76. The molecule has 4 rings (SSSR count). The minimum atomic E-state index is -0.167. The van der Waals surface area contributed by atoms with Crippen molar-refractivity contribution in [3.63, 3.8) is 0 Å². The van der Waals surface area contributed by atoms with Gasteiger partial charge in [-0.25, -0.2) is 4.79 Å². The number of fused-ring (bicyclic) bond motifs is 2. The van der Waals surface area contributed by atoms with Gasteiger partial charge in [-0.2, -0.15) is 0 Å². The summed E-state index contributed by atoms with van der Waals surface area (Å²) in [4.78, 5) is 19.0. The number of morpholine rings is 1. The van der Waals surface area contributed by atoms with Gasteiger partial charge in [0, 0.05) is 37.3 Å². The van der Waals surface area contributed by atoms with Gasteiger partial charge in [0.25, 0.3) is 0 Å². The van der Waals surface area contributed by atoms with Gasteiger partial charge >= 0.3 is 6.03 Å². The van der Waals surface area contributed by atoms with Crippen LogP contribution >= 0.6 is 0 Å². The maximum Gasteiger partial charge on any atom is 0.315 e. The number of amides is 2. The Labute approximate surface area is 147 Å². The first kappa shape index (κ1) is 16.3. The highest BCUT2D eigenvalue weighted by atomic mass is 16.5. The average Bonchev–Trinajstić information content (AvgIpc) is 3.12. The third-order valence-corrected chi connectivity index (χ3v) is 5.11. The van der Waals surface area contributed by atoms with Crippen molar-refractivity contribution in [3.8, 4) is 0 Å². The molecule has 0 bridgehead atoms. The Bertz CT molecular complexity index is 746. The fourth-order valence-electron chi connectivity index (χ4n) is 3.76. The van der Waals surface area contributed by atoms with E-state index in [-0.39, 0.29) is 12.1 Å². The quantitative estimate of drug-likeness (QED) is 0.892. The molecular formula is C19H24N4O2. The molecule has 2 fully saturated rings. The van der Waals surface area contributed by atoms with Gasteiger partial charge < -0.3 is 15.4 Å². The summed E-state index contributed by atoms with van der Waals surface area (Å²) >= 11 is 0. The van der Waals surface area contributed by atoms with Crippen molar-refractivity contribution < 1.29 is 9.53 Å². The Hall–Kier alpha value is -2.18. The van der Waals surface area contributed by atoms with Crippen molar-refractivity contribution in [1.82, 2.24) is 20.5 Å². The summed E-state index contributed by atoms with van der Waals surface area (Å²) in [6, 6.07) is 10.4. The summed E-state index contributed by atoms with van der Waals surface area (Å²) in [6.45, 7) is 3.86. The minimum absolute atomic E-state index is 0.0827. The van der Waals surface area contributed by atoms with Crippen molar-refractivity contribution in [2.75, 3.05) is 26.2 Å². The molecule has 1 aromatic carbocycles. The maximum absolute atomic E-state index is 12.1. The van der Waals surface area contributed by atoms with Crippen molar-refractivity contribution in [1.29, 1.82) is 0 Å². The van der Waals surface area contributed by atoms with Gasteiger partial charge in [0.1, 0.15) is 0 Å². The Morgan fingerprint density at radius 2 is 2.20 bits per heavy atom. The van der Waals surface area contributed by atoms with Crippen LogP contribution in [0.15, 0.2) is 36.5 Å². The van der Waals surface area contributed by atoms with Crippen LogP contribution in [-0.4, -0.2) is 54.3 Å². The van der Waals surface area contributed by atoms with Crippen LogP contribution in [-0.2, 0) is 11.3 Å². The van der Waals surface area contributed by atoms with Crippen LogP contribution in [0.5, 0.6) is 0 Å². The number of urea groups is 1. The number of ether oxygens (including phenoxy) is 1. The summed E-state index contributed by atoms with van der Waals surface area (Å²) in [5, 5.41) is 6.93. The van der Waals surface area contributed by atoms with Crippen LogP contribution in [0.3, 0.4) is 0 Å². The smallest absolute Gasteiger partial charge is 0.315 e. The number of hydrogen-bond acceptors (Lipinski definition) is 4. The summed E-state index contributed by atoms with van der Waals surface area (Å²) in [5.74, 6) is 0. The van der Waals surface area contributed by atoms with Gasteiger partial charge in [-0.05, 0) is 31.0 Å². The number of carbonyl (C=O) groups is 1. The summed E-state index contributed by atoms with van der Waals surface area (Å²) in [5.41, 5.74) is 1.95. The second kappa shape index (κ2) is 7.37. The Morgan fingerprint density at radius 1 is 1.28 bits per heavy atom. The van der Waals surface area contributed by atoms with E-state index in [0.29, 0.717) is 19.1 Å². The van der Waals surface area contributed by atoms with Crippen LogP contribution in [0.4, 0.5) is 4.79 Å². The highest BCUT2D eigenvalue weighted by Gasteiger charge is 2.32. The van der Waals surface area contributed by atoms with Gasteiger partial charge in [0.15, 0.2) is 0 Å². The van der Waals surface area contributed by atoms with E-state index in [1.165, 1.54) is 12.8 Å². The second-order valence-electron chi connectivity index (χ2n) is 6.80. The number of aromatic nitrogens is 1. The molecule has 2 saturated heterocycles. The predicted octanol–water partition coefficient (Wildman–Crippen LogP) is 1.90. The van der Waals surface area contributed by atoms with Crippen LogP contribution in [0.1, 0.15) is 18.4 Å². The molecule has 25 heavy (non-hydrogen) atoms. The molecular weight excluding hydrogens is 316 g/mol. The van der Waals surface area contributed by atoms with Crippen molar-refractivity contribution in [3.05, 3.63) is 42.1 Å². The molecule has 2 atom stereocenters. The van der Waals surface area contributed by atoms with E-state index in [4.69, 9.17) is 4.74 Å². The zero-order valence-corrected chi connectivity index (χ0v) is 14.3. The first-order valence-corrected chi connectivity index (χ1v) is 8.99. The third kappa shape index (κ3) is 3.75. The molecule has 0 radical (unpaired) electrons. The Morgan fingerprint density at radius 3 is 3.16 bits per heavy atom. The van der Waals surface area contributed by atoms with Gasteiger partial charge in [0.05, 0.1) is 18.2 Å². The second-order valence-corrected chi connectivity index (χ2v) is 6.80. The topological polar surface area (TPSA) is 66.5 Å². The summed E-state index contributed by atoms with van der Waals surface area (Å²) < 4.78 is 5.87. The summed E-state index contributed by atoms with van der Waals surface area (Å²) in [7, 11) is 0. The van der Waals surface area contributed by atoms with Crippen LogP contribution < -0.4 is 10.6 Å². The lowest BCUT2D eigenvalue weighted by molar-refractivity contribution is -0.0457. The SMILES string of the molecule is O=C(NCc1cccc2cccnc12)NCC1CN2CCCC2CO1. The third-order valence-electron chi connectivity index (χ3n) is 5.11. The molecule has 2 amide bonds. The van der Waals surface area contributed by atoms with E-state index in [0.717, 1.165) is 36.2 Å². The molecule has 2 N–H and O–H groups in total. The number of hydrogen-bond donors (Lipinski definition) is 2. The molecule has 2 aliphatic heterocycles.